The Labute approximate surface area is 170 Å². The third-order valence-corrected chi connectivity index (χ3v) is 4.28. The van der Waals surface area contributed by atoms with E-state index in [1.807, 2.05) is 18.7 Å². The van der Waals surface area contributed by atoms with Gasteiger partial charge in [0.2, 0.25) is 5.91 Å². The number of carbonyl (C=O) groups excluding carboxylic acids is 1. The second-order valence-corrected chi connectivity index (χ2v) is 6.53. The Kier molecular flexibility index (Phi) is 9.24. The highest BCUT2D eigenvalue weighted by Crippen LogP contribution is 2.13. The third-order valence-electron chi connectivity index (χ3n) is 4.28. The standard InChI is InChI=1S/C18H26F2N4O.HI/c1-12(2)17(25)24-10-8-14(11-24)23-18(21-3)22-9-7-13-5-4-6-15(19)16(13)20;/h4-6,12,14H,7-11H2,1-3H3,(H2,21,22,23);1H. The molecule has 1 aromatic carbocycles. The summed E-state index contributed by atoms with van der Waals surface area (Å²) < 4.78 is 26.8. The van der Waals surface area contributed by atoms with Gasteiger partial charge in [-0.05, 0) is 24.5 Å². The average molecular weight is 480 g/mol. The summed E-state index contributed by atoms with van der Waals surface area (Å²) in [5.41, 5.74) is 0.331. The molecule has 1 saturated heterocycles. The molecule has 0 aliphatic carbocycles. The van der Waals surface area contributed by atoms with Crippen molar-refractivity contribution in [2.45, 2.75) is 32.7 Å². The number of guanidine groups is 1. The predicted molar refractivity (Wildman–Crippen MR) is 110 cm³/mol. The van der Waals surface area contributed by atoms with Gasteiger partial charge in [-0.1, -0.05) is 26.0 Å². The molecule has 1 heterocycles. The Hall–Kier alpha value is -1.45. The Bertz CT molecular complexity index is 640. The van der Waals surface area contributed by atoms with Crippen LogP contribution in [0.4, 0.5) is 8.78 Å². The second kappa shape index (κ2) is 10.6. The lowest BCUT2D eigenvalue weighted by Gasteiger charge is -2.20. The van der Waals surface area contributed by atoms with E-state index in [0.717, 1.165) is 19.0 Å². The number of aliphatic imine (C=N–C) groups is 1. The van der Waals surface area contributed by atoms with Gasteiger partial charge in [0.25, 0.3) is 0 Å². The molecular formula is C18H27F2IN4O. The SMILES string of the molecule is CN=C(NCCc1cccc(F)c1F)NC1CCN(C(=O)C(C)C)C1.I. The van der Waals surface area contributed by atoms with Gasteiger partial charge in [-0.15, -0.1) is 24.0 Å². The fraction of sp³-hybridized carbons (Fsp3) is 0.556. The van der Waals surface area contributed by atoms with Crippen molar-refractivity contribution >= 4 is 35.8 Å². The van der Waals surface area contributed by atoms with Crippen LogP contribution in [0.1, 0.15) is 25.8 Å². The highest BCUT2D eigenvalue weighted by Gasteiger charge is 2.27. The van der Waals surface area contributed by atoms with Crippen LogP contribution in [0.25, 0.3) is 0 Å². The molecule has 2 N–H and O–H groups in total. The number of nitrogens with zero attached hydrogens (tertiary/aromatic N) is 2. The molecule has 26 heavy (non-hydrogen) atoms. The predicted octanol–water partition coefficient (Wildman–Crippen LogP) is 2.55. The molecule has 1 amide bonds. The minimum Gasteiger partial charge on any atom is -0.356 e. The van der Waals surface area contributed by atoms with Crippen LogP contribution in [0.5, 0.6) is 0 Å². The summed E-state index contributed by atoms with van der Waals surface area (Å²) in [4.78, 5) is 18.0. The maximum absolute atomic E-state index is 13.6. The number of rotatable bonds is 5. The third kappa shape index (κ3) is 6.07. The van der Waals surface area contributed by atoms with E-state index in [4.69, 9.17) is 0 Å². The van der Waals surface area contributed by atoms with E-state index in [1.165, 1.54) is 6.07 Å². The van der Waals surface area contributed by atoms with Crippen molar-refractivity contribution in [3.63, 3.8) is 0 Å². The summed E-state index contributed by atoms with van der Waals surface area (Å²) in [5.74, 6) is -0.876. The molecule has 1 aliphatic heterocycles. The van der Waals surface area contributed by atoms with Crippen LogP contribution in [0.2, 0.25) is 0 Å². The monoisotopic (exact) mass is 480 g/mol. The fourth-order valence-electron chi connectivity index (χ4n) is 2.89. The number of hydrogen-bond acceptors (Lipinski definition) is 2. The first-order valence-electron chi connectivity index (χ1n) is 8.61. The number of amides is 1. The lowest BCUT2D eigenvalue weighted by atomic mass is 10.1. The first kappa shape index (κ1) is 22.6. The molecule has 146 valence electrons. The van der Waals surface area contributed by atoms with E-state index in [1.54, 1.807) is 13.1 Å². The summed E-state index contributed by atoms with van der Waals surface area (Å²) in [6.07, 6.45) is 1.21. The highest BCUT2D eigenvalue weighted by atomic mass is 127. The van der Waals surface area contributed by atoms with Crippen LogP contribution in [0.15, 0.2) is 23.2 Å². The number of likely N-dealkylation sites (tertiary alicyclic amines) is 1. The molecule has 1 fully saturated rings. The van der Waals surface area contributed by atoms with Crippen molar-refractivity contribution in [2.75, 3.05) is 26.7 Å². The number of benzene rings is 1. The zero-order valence-electron chi connectivity index (χ0n) is 15.4. The van der Waals surface area contributed by atoms with Gasteiger partial charge >= 0.3 is 0 Å². The van der Waals surface area contributed by atoms with E-state index in [9.17, 15) is 13.6 Å². The van der Waals surface area contributed by atoms with Crippen molar-refractivity contribution < 1.29 is 13.6 Å². The minimum absolute atomic E-state index is 0. The van der Waals surface area contributed by atoms with Gasteiger partial charge in [0, 0.05) is 38.6 Å². The van der Waals surface area contributed by atoms with E-state index in [0.29, 0.717) is 31.0 Å². The van der Waals surface area contributed by atoms with E-state index >= 15 is 0 Å². The summed E-state index contributed by atoms with van der Waals surface area (Å²) in [7, 11) is 1.66. The molecule has 0 spiro atoms. The van der Waals surface area contributed by atoms with Crippen LogP contribution in [0, 0.1) is 17.6 Å². The average Bonchev–Trinajstić information content (AvgIpc) is 3.05. The molecular weight excluding hydrogens is 453 g/mol. The summed E-state index contributed by atoms with van der Waals surface area (Å²) in [5, 5.41) is 6.38. The molecule has 0 saturated carbocycles. The van der Waals surface area contributed by atoms with Crippen LogP contribution >= 0.6 is 24.0 Å². The molecule has 0 radical (unpaired) electrons. The molecule has 1 aromatic rings. The van der Waals surface area contributed by atoms with Gasteiger partial charge in [0.1, 0.15) is 0 Å². The van der Waals surface area contributed by atoms with Crippen molar-refractivity contribution in [1.29, 1.82) is 0 Å². The van der Waals surface area contributed by atoms with Crippen LogP contribution in [-0.4, -0.2) is 49.5 Å². The lowest BCUT2D eigenvalue weighted by molar-refractivity contribution is -0.133. The van der Waals surface area contributed by atoms with E-state index < -0.39 is 11.6 Å². The summed E-state index contributed by atoms with van der Waals surface area (Å²) in [6.45, 7) is 5.61. The zero-order valence-corrected chi connectivity index (χ0v) is 17.7. The smallest absolute Gasteiger partial charge is 0.225 e. The Morgan fingerprint density at radius 3 is 2.77 bits per heavy atom. The number of nitrogens with one attached hydrogen (secondary N) is 2. The van der Waals surface area contributed by atoms with Gasteiger partial charge in [-0.25, -0.2) is 8.78 Å². The molecule has 2 rings (SSSR count). The second-order valence-electron chi connectivity index (χ2n) is 6.53. The first-order chi connectivity index (χ1) is 11.9. The van der Waals surface area contributed by atoms with Crippen LogP contribution in [-0.2, 0) is 11.2 Å². The van der Waals surface area contributed by atoms with Crippen molar-refractivity contribution in [3.05, 3.63) is 35.4 Å². The quantitative estimate of drug-likeness (QED) is 0.387. The van der Waals surface area contributed by atoms with Crippen molar-refractivity contribution in [1.82, 2.24) is 15.5 Å². The summed E-state index contributed by atoms with van der Waals surface area (Å²) >= 11 is 0. The Morgan fingerprint density at radius 1 is 1.38 bits per heavy atom. The maximum Gasteiger partial charge on any atom is 0.225 e. The van der Waals surface area contributed by atoms with Crippen molar-refractivity contribution in [2.24, 2.45) is 10.9 Å². The summed E-state index contributed by atoms with van der Waals surface area (Å²) in [6, 6.07) is 4.32. The lowest BCUT2D eigenvalue weighted by Crippen LogP contribution is -2.45. The largest absolute Gasteiger partial charge is 0.356 e. The molecule has 8 heteroatoms. The first-order valence-corrected chi connectivity index (χ1v) is 8.61. The molecule has 5 nitrogen and oxygen atoms in total. The fourth-order valence-corrected chi connectivity index (χ4v) is 2.89. The van der Waals surface area contributed by atoms with E-state index in [-0.39, 0.29) is 41.8 Å². The van der Waals surface area contributed by atoms with Gasteiger partial charge in [-0.2, -0.15) is 0 Å². The minimum atomic E-state index is -0.833. The maximum atomic E-state index is 13.6. The molecule has 1 unspecified atom stereocenters. The Balaban J connectivity index is 0.00000338. The number of halogens is 3. The van der Waals surface area contributed by atoms with E-state index in [2.05, 4.69) is 15.6 Å². The van der Waals surface area contributed by atoms with Gasteiger partial charge in [0.15, 0.2) is 17.6 Å². The number of carbonyl (C=O) groups is 1. The molecule has 1 atom stereocenters. The van der Waals surface area contributed by atoms with Gasteiger partial charge in [-0.3, -0.25) is 9.79 Å². The van der Waals surface area contributed by atoms with Crippen molar-refractivity contribution in [3.8, 4) is 0 Å². The Morgan fingerprint density at radius 2 is 2.12 bits per heavy atom. The van der Waals surface area contributed by atoms with Crippen LogP contribution in [0.3, 0.4) is 0 Å². The topological polar surface area (TPSA) is 56.7 Å². The molecule has 1 aliphatic rings. The number of hydrogen-bond donors (Lipinski definition) is 2. The zero-order chi connectivity index (χ0) is 18.4. The van der Waals surface area contributed by atoms with Crippen LogP contribution < -0.4 is 10.6 Å². The molecule has 0 bridgehead atoms. The highest BCUT2D eigenvalue weighted by molar-refractivity contribution is 14.0. The van der Waals surface area contributed by atoms with Gasteiger partial charge < -0.3 is 15.5 Å². The normalized spacial score (nSPS) is 17.2. The van der Waals surface area contributed by atoms with Gasteiger partial charge in [0.05, 0.1) is 0 Å². The molecule has 0 aromatic heterocycles.